The number of rotatable bonds is 5. The minimum atomic E-state index is -0.511. The minimum absolute atomic E-state index is 0.0530. The van der Waals surface area contributed by atoms with E-state index >= 15 is 0 Å². The number of benzene rings is 1. The Morgan fingerprint density at radius 3 is 2.40 bits per heavy atom. The molecular weight excluding hydrogens is 262 g/mol. The van der Waals surface area contributed by atoms with Gasteiger partial charge in [-0.25, -0.2) is 8.78 Å². The smallest absolute Gasteiger partial charge is 0.149 e. The van der Waals surface area contributed by atoms with Gasteiger partial charge in [0.25, 0.3) is 0 Å². The van der Waals surface area contributed by atoms with Crippen LogP contribution in [0.5, 0.6) is 0 Å². The average Bonchev–Trinajstić information content (AvgIpc) is 2.39. The van der Waals surface area contributed by atoms with Crippen LogP contribution in [0.3, 0.4) is 0 Å². The summed E-state index contributed by atoms with van der Waals surface area (Å²) in [7, 11) is 1.74. The Balaban J connectivity index is 2.10. The third kappa shape index (κ3) is 3.67. The van der Waals surface area contributed by atoms with Gasteiger partial charge in [0.1, 0.15) is 17.3 Å². The molecule has 1 heterocycles. The first-order chi connectivity index (χ1) is 9.61. The summed E-state index contributed by atoms with van der Waals surface area (Å²) >= 11 is 0. The van der Waals surface area contributed by atoms with Crippen LogP contribution in [0.15, 0.2) is 12.1 Å². The van der Waals surface area contributed by atoms with Gasteiger partial charge in [-0.2, -0.15) is 0 Å². The normalized spacial score (nSPS) is 16.4. The number of halogens is 2. The fourth-order valence-electron chi connectivity index (χ4n) is 2.70. The van der Waals surface area contributed by atoms with E-state index in [-0.39, 0.29) is 5.69 Å². The molecule has 2 N–H and O–H groups in total. The van der Waals surface area contributed by atoms with Crippen molar-refractivity contribution < 1.29 is 13.5 Å². The van der Waals surface area contributed by atoms with Crippen LogP contribution >= 0.6 is 0 Å². The van der Waals surface area contributed by atoms with Gasteiger partial charge in [-0.1, -0.05) is 0 Å². The molecule has 0 bridgehead atoms. The lowest BCUT2D eigenvalue weighted by Crippen LogP contribution is -2.30. The topological polar surface area (TPSA) is 38.5 Å². The Kier molecular flexibility index (Phi) is 5.31. The molecule has 5 heteroatoms. The molecule has 0 unspecified atom stereocenters. The molecule has 0 atom stereocenters. The summed E-state index contributed by atoms with van der Waals surface area (Å²) in [4.78, 5) is 1.67. The van der Waals surface area contributed by atoms with E-state index in [4.69, 9.17) is 10.5 Å². The van der Waals surface area contributed by atoms with Crippen molar-refractivity contribution in [1.29, 1.82) is 0 Å². The number of ether oxygens (including phenoxy) is 1. The summed E-state index contributed by atoms with van der Waals surface area (Å²) in [6, 6.07) is 2.76. The van der Waals surface area contributed by atoms with Gasteiger partial charge in [0.05, 0.1) is 0 Å². The molecule has 1 aromatic carbocycles. The van der Waals surface area contributed by atoms with Crippen LogP contribution in [-0.4, -0.2) is 33.4 Å². The van der Waals surface area contributed by atoms with Crippen LogP contribution in [0, 0.1) is 17.6 Å². The molecule has 0 radical (unpaired) electrons. The molecule has 0 aliphatic carbocycles. The lowest BCUT2D eigenvalue weighted by molar-refractivity contribution is 0.0684. The highest BCUT2D eigenvalue weighted by Gasteiger charge is 2.20. The second-order valence-corrected chi connectivity index (χ2v) is 5.38. The van der Waals surface area contributed by atoms with Gasteiger partial charge < -0.3 is 15.4 Å². The standard InChI is InChI=1S/C15H22F2N2O/c1-19(10-11-3-6-20-7-4-11)15-13(16)8-12(2-5-18)9-14(15)17/h8-9,11H,2-7,10,18H2,1H3. The summed E-state index contributed by atoms with van der Waals surface area (Å²) in [6.45, 7) is 2.50. The maximum Gasteiger partial charge on any atom is 0.149 e. The third-order valence-electron chi connectivity index (χ3n) is 3.76. The summed E-state index contributed by atoms with van der Waals surface area (Å²) in [6.07, 6.45) is 2.37. The number of nitrogens with two attached hydrogens (primary N) is 1. The van der Waals surface area contributed by atoms with Gasteiger partial charge in [0, 0.05) is 26.8 Å². The van der Waals surface area contributed by atoms with E-state index in [2.05, 4.69) is 0 Å². The van der Waals surface area contributed by atoms with E-state index in [0.29, 0.717) is 31.0 Å². The molecule has 1 fully saturated rings. The number of hydrogen-bond donors (Lipinski definition) is 1. The zero-order valence-corrected chi connectivity index (χ0v) is 11.9. The first-order valence-electron chi connectivity index (χ1n) is 7.08. The van der Waals surface area contributed by atoms with Crippen molar-refractivity contribution in [3.63, 3.8) is 0 Å². The van der Waals surface area contributed by atoms with E-state index in [1.165, 1.54) is 12.1 Å². The van der Waals surface area contributed by atoms with Gasteiger partial charge >= 0.3 is 0 Å². The fraction of sp³-hybridized carbons (Fsp3) is 0.600. The van der Waals surface area contributed by atoms with Crippen LogP contribution in [0.2, 0.25) is 0 Å². The molecule has 3 nitrogen and oxygen atoms in total. The summed E-state index contributed by atoms with van der Waals surface area (Å²) in [5, 5.41) is 0. The van der Waals surface area contributed by atoms with E-state index in [9.17, 15) is 8.78 Å². The lowest BCUT2D eigenvalue weighted by Gasteiger charge is -2.29. The molecule has 0 aromatic heterocycles. The fourth-order valence-corrected chi connectivity index (χ4v) is 2.70. The number of hydrogen-bond acceptors (Lipinski definition) is 3. The maximum atomic E-state index is 14.1. The Morgan fingerprint density at radius 2 is 1.85 bits per heavy atom. The zero-order chi connectivity index (χ0) is 14.5. The van der Waals surface area contributed by atoms with Crippen LogP contribution in [0.1, 0.15) is 18.4 Å². The predicted octanol–water partition coefficient (Wildman–Crippen LogP) is 2.33. The highest BCUT2D eigenvalue weighted by atomic mass is 19.1. The van der Waals surface area contributed by atoms with Crippen LogP contribution in [0.25, 0.3) is 0 Å². The average molecular weight is 284 g/mol. The molecule has 1 aliphatic heterocycles. The van der Waals surface area contributed by atoms with E-state index in [1.807, 2.05) is 0 Å². The van der Waals surface area contributed by atoms with Gasteiger partial charge in [-0.15, -0.1) is 0 Å². The van der Waals surface area contributed by atoms with Gasteiger partial charge in [0.15, 0.2) is 0 Å². The molecule has 20 heavy (non-hydrogen) atoms. The van der Waals surface area contributed by atoms with Crippen molar-refractivity contribution in [2.75, 3.05) is 38.3 Å². The van der Waals surface area contributed by atoms with Crippen molar-refractivity contribution >= 4 is 5.69 Å². The minimum Gasteiger partial charge on any atom is -0.381 e. The molecule has 0 spiro atoms. The number of anilines is 1. The number of nitrogens with zero attached hydrogens (tertiary/aromatic N) is 1. The third-order valence-corrected chi connectivity index (χ3v) is 3.76. The van der Waals surface area contributed by atoms with Crippen molar-refractivity contribution in [2.45, 2.75) is 19.3 Å². The second-order valence-electron chi connectivity index (χ2n) is 5.38. The van der Waals surface area contributed by atoms with E-state index in [1.54, 1.807) is 11.9 Å². The molecule has 1 aliphatic rings. The summed E-state index contributed by atoms with van der Waals surface area (Å²) in [5.41, 5.74) is 6.07. The maximum absolute atomic E-state index is 14.1. The molecule has 1 saturated heterocycles. The van der Waals surface area contributed by atoms with Crippen LogP contribution in [0.4, 0.5) is 14.5 Å². The summed E-state index contributed by atoms with van der Waals surface area (Å²) in [5.74, 6) is -0.595. The molecule has 0 saturated carbocycles. The molecule has 2 rings (SSSR count). The lowest BCUT2D eigenvalue weighted by atomic mass is 9.99. The van der Waals surface area contributed by atoms with E-state index in [0.717, 1.165) is 26.1 Å². The second kappa shape index (κ2) is 6.99. The van der Waals surface area contributed by atoms with Crippen molar-refractivity contribution in [3.8, 4) is 0 Å². The zero-order valence-electron chi connectivity index (χ0n) is 11.9. The summed E-state index contributed by atoms with van der Waals surface area (Å²) < 4.78 is 33.5. The monoisotopic (exact) mass is 284 g/mol. The SMILES string of the molecule is CN(CC1CCOCC1)c1c(F)cc(CCN)cc1F. The van der Waals surface area contributed by atoms with Gasteiger partial charge in [-0.3, -0.25) is 0 Å². The Morgan fingerprint density at radius 1 is 1.25 bits per heavy atom. The van der Waals surface area contributed by atoms with Gasteiger partial charge in [0.2, 0.25) is 0 Å². The van der Waals surface area contributed by atoms with Crippen LogP contribution in [-0.2, 0) is 11.2 Å². The molecule has 112 valence electrons. The molecule has 1 aromatic rings. The Labute approximate surface area is 118 Å². The first-order valence-corrected chi connectivity index (χ1v) is 7.08. The van der Waals surface area contributed by atoms with Crippen LogP contribution < -0.4 is 10.6 Å². The van der Waals surface area contributed by atoms with E-state index < -0.39 is 11.6 Å². The largest absolute Gasteiger partial charge is 0.381 e. The van der Waals surface area contributed by atoms with Crippen molar-refractivity contribution in [2.24, 2.45) is 11.7 Å². The first kappa shape index (κ1) is 15.2. The van der Waals surface area contributed by atoms with Gasteiger partial charge in [-0.05, 0) is 49.4 Å². The highest BCUT2D eigenvalue weighted by Crippen LogP contribution is 2.26. The Hall–Kier alpha value is -1.20. The molecule has 0 amide bonds. The quantitative estimate of drug-likeness (QED) is 0.902. The highest BCUT2D eigenvalue weighted by molar-refractivity contribution is 5.50. The van der Waals surface area contributed by atoms with Crippen molar-refractivity contribution in [1.82, 2.24) is 0 Å². The predicted molar refractivity (Wildman–Crippen MR) is 75.9 cm³/mol. The van der Waals surface area contributed by atoms with Crippen molar-refractivity contribution in [3.05, 3.63) is 29.3 Å². The Bertz CT molecular complexity index is 424. The molecular formula is C15H22F2N2O.